The fourth-order valence-corrected chi connectivity index (χ4v) is 3.92. The van der Waals surface area contributed by atoms with E-state index in [1.54, 1.807) is 6.20 Å². The van der Waals surface area contributed by atoms with Gasteiger partial charge in [0.25, 0.3) is 0 Å². The van der Waals surface area contributed by atoms with Crippen LogP contribution in [0.25, 0.3) is 10.9 Å². The number of hydrogen-bond donors (Lipinski definition) is 8. The number of carbonyl (C=O) groups is 4. The molecule has 0 aliphatic heterocycles. The number of nitrogens with two attached hydrogens (primary N) is 1. The van der Waals surface area contributed by atoms with E-state index in [-0.39, 0.29) is 12.8 Å². The van der Waals surface area contributed by atoms with Crippen molar-refractivity contribution in [3.05, 3.63) is 36.0 Å². The predicted molar refractivity (Wildman–Crippen MR) is 135 cm³/mol. The molecular formula is C23H33N5O7S. The molecule has 3 amide bonds. The van der Waals surface area contributed by atoms with Gasteiger partial charge in [-0.15, -0.1) is 0 Å². The first-order valence-electron chi connectivity index (χ1n) is 11.3. The van der Waals surface area contributed by atoms with Crippen molar-refractivity contribution < 1.29 is 34.5 Å². The summed E-state index contributed by atoms with van der Waals surface area (Å²) in [6.45, 7) is 0.538. The van der Waals surface area contributed by atoms with Crippen LogP contribution in [0.5, 0.6) is 0 Å². The highest BCUT2D eigenvalue weighted by Crippen LogP contribution is 2.19. The Morgan fingerprint density at radius 1 is 1.03 bits per heavy atom. The first-order valence-corrected chi connectivity index (χ1v) is 12.7. The van der Waals surface area contributed by atoms with Crippen molar-refractivity contribution in [3.63, 3.8) is 0 Å². The number of carboxylic acid groups (broad SMARTS) is 1. The molecule has 0 radical (unpaired) electrons. The Kier molecular flexibility index (Phi) is 11.2. The second-order valence-corrected chi connectivity index (χ2v) is 9.30. The van der Waals surface area contributed by atoms with E-state index in [2.05, 4.69) is 20.9 Å². The molecule has 13 heteroatoms. The average Bonchev–Trinajstić information content (AvgIpc) is 3.26. The van der Waals surface area contributed by atoms with Crippen molar-refractivity contribution in [1.82, 2.24) is 20.9 Å². The highest BCUT2D eigenvalue weighted by atomic mass is 32.2. The minimum Gasteiger partial charge on any atom is -0.480 e. The molecule has 0 bridgehead atoms. The van der Waals surface area contributed by atoms with Gasteiger partial charge in [0.1, 0.15) is 24.2 Å². The van der Waals surface area contributed by atoms with Crippen molar-refractivity contribution in [2.45, 2.75) is 50.0 Å². The molecule has 0 fully saturated rings. The van der Waals surface area contributed by atoms with Gasteiger partial charge >= 0.3 is 5.97 Å². The van der Waals surface area contributed by atoms with Gasteiger partial charge in [0, 0.05) is 23.5 Å². The third-order valence-corrected chi connectivity index (χ3v) is 6.24. The van der Waals surface area contributed by atoms with E-state index in [0.29, 0.717) is 11.3 Å². The van der Waals surface area contributed by atoms with E-state index >= 15 is 0 Å². The summed E-state index contributed by atoms with van der Waals surface area (Å²) in [5, 5.41) is 36.9. The van der Waals surface area contributed by atoms with Gasteiger partial charge in [-0.1, -0.05) is 18.2 Å². The summed E-state index contributed by atoms with van der Waals surface area (Å²) >= 11 is 1.43. The molecule has 5 atom stereocenters. The van der Waals surface area contributed by atoms with Crippen molar-refractivity contribution >= 4 is 46.4 Å². The minimum atomic E-state index is -1.46. The molecule has 198 valence electrons. The Labute approximate surface area is 212 Å². The van der Waals surface area contributed by atoms with Gasteiger partial charge in [0.05, 0.1) is 12.7 Å². The molecule has 9 N–H and O–H groups in total. The van der Waals surface area contributed by atoms with E-state index in [4.69, 9.17) is 5.73 Å². The lowest BCUT2D eigenvalue weighted by Gasteiger charge is -2.24. The van der Waals surface area contributed by atoms with Crippen molar-refractivity contribution in [3.8, 4) is 0 Å². The van der Waals surface area contributed by atoms with Crippen LogP contribution in [0, 0.1) is 0 Å². The number of aliphatic hydroxyl groups excluding tert-OH is 2. The molecule has 0 saturated carbocycles. The number of aliphatic carboxylic acids is 1. The number of benzene rings is 1. The Morgan fingerprint density at radius 3 is 2.25 bits per heavy atom. The molecular weight excluding hydrogens is 490 g/mol. The number of aromatic nitrogens is 1. The molecule has 1 aromatic heterocycles. The quantitative estimate of drug-likeness (QED) is 0.148. The molecule has 0 aliphatic carbocycles. The number of aromatic amines is 1. The second kappa shape index (κ2) is 13.8. The van der Waals surface area contributed by atoms with Crippen LogP contribution in [-0.2, 0) is 25.6 Å². The number of rotatable bonds is 14. The Hall–Kier alpha value is -3.13. The maximum absolute atomic E-state index is 12.8. The Balaban J connectivity index is 2.09. The molecule has 1 heterocycles. The molecule has 0 spiro atoms. The number of H-pyrrole nitrogens is 1. The number of carboxylic acids is 1. The highest BCUT2D eigenvalue weighted by molar-refractivity contribution is 7.98. The average molecular weight is 524 g/mol. The number of amides is 3. The molecule has 36 heavy (non-hydrogen) atoms. The number of nitrogens with one attached hydrogen (secondary N) is 4. The SMILES string of the molecule is CSCCC(NC(=O)C(N)C(C)O)C(=O)NC(CO)C(=O)NC(Cc1c[nH]c2ccccc12)C(=O)O. The molecule has 0 saturated heterocycles. The third-order valence-electron chi connectivity index (χ3n) is 5.60. The molecule has 12 nitrogen and oxygen atoms in total. The van der Waals surface area contributed by atoms with Crippen LogP contribution in [0.3, 0.4) is 0 Å². The maximum Gasteiger partial charge on any atom is 0.326 e. The lowest BCUT2D eigenvalue weighted by atomic mass is 10.0. The van der Waals surface area contributed by atoms with Crippen LogP contribution in [0.4, 0.5) is 0 Å². The zero-order chi connectivity index (χ0) is 26.8. The highest BCUT2D eigenvalue weighted by Gasteiger charge is 2.31. The van der Waals surface area contributed by atoms with Crippen LogP contribution in [0.2, 0.25) is 0 Å². The number of aliphatic hydroxyl groups is 2. The van der Waals surface area contributed by atoms with Crippen LogP contribution in [-0.4, -0.2) is 92.9 Å². The third kappa shape index (κ3) is 7.95. The maximum atomic E-state index is 12.8. The number of hydrogen-bond acceptors (Lipinski definition) is 8. The van der Waals surface area contributed by atoms with Crippen LogP contribution >= 0.6 is 11.8 Å². The molecule has 5 unspecified atom stereocenters. The molecule has 0 aliphatic rings. The second-order valence-electron chi connectivity index (χ2n) is 8.32. The number of para-hydroxylation sites is 1. The zero-order valence-electron chi connectivity index (χ0n) is 20.1. The lowest BCUT2D eigenvalue weighted by Crippen LogP contribution is -2.59. The van der Waals surface area contributed by atoms with Crippen molar-refractivity contribution in [1.29, 1.82) is 0 Å². The fourth-order valence-electron chi connectivity index (χ4n) is 3.45. The lowest BCUT2D eigenvalue weighted by molar-refractivity contribution is -0.142. The summed E-state index contributed by atoms with van der Waals surface area (Å²) in [6.07, 6.45) is 2.50. The van der Waals surface area contributed by atoms with E-state index in [1.807, 2.05) is 30.5 Å². The van der Waals surface area contributed by atoms with Gasteiger partial charge in [-0.2, -0.15) is 11.8 Å². The van der Waals surface area contributed by atoms with Crippen molar-refractivity contribution in [2.24, 2.45) is 5.73 Å². The Morgan fingerprint density at radius 2 is 1.64 bits per heavy atom. The van der Waals surface area contributed by atoms with E-state index in [1.165, 1.54) is 18.7 Å². The Bertz CT molecular complexity index is 1060. The van der Waals surface area contributed by atoms with E-state index < -0.39 is 60.6 Å². The van der Waals surface area contributed by atoms with Crippen LogP contribution in [0.15, 0.2) is 30.5 Å². The number of fused-ring (bicyclic) bond motifs is 1. The smallest absolute Gasteiger partial charge is 0.326 e. The summed E-state index contributed by atoms with van der Waals surface area (Å²) in [6, 6.07) is 2.19. The van der Waals surface area contributed by atoms with E-state index in [9.17, 15) is 34.5 Å². The van der Waals surface area contributed by atoms with Gasteiger partial charge in [0.2, 0.25) is 17.7 Å². The van der Waals surface area contributed by atoms with E-state index in [0.717, 1.165) is 10.9 Å². The summed E-state index contributed by atoms with van der Waals surface area (Å²) in [5.74, 6) is -3.19. The van der Waals surface area contributed by atoms with Gasteiger partial charge in [-0.3, -0.25) is 14.4 Å². The summed E-state index contributed by atoms with van der Waals surface area (Å²) in [4.78, 5) is 52.7. The van der Waals surface area contributed by atoms with Crippen molar-refractivity contribution in [2.75, 3.05) is 18.6 Å². The first kappa shape index (κ1) is 29.1. The summed E-state index contributed by atoms with van der Waals surface area (Å²) < 4.78 is 0. The molecule has 1 aromatic carbocycles. The zero-order valence-corrected chi connectivity index (χ0v) is 20.9. The standard InChI is InChI=1S/C23H33N5O7S/c1-12(30)19(24)22(33)26-16(7-8-36-2)20(31)28-18(11-29)21(32)27-17(23(34)35)9-13-10-25-15-6-4-3-5-14(13)15/h3-6,10,12,16-19,25,29-30H,7-9,11,24H2,1-2H3,(H,26,33)(H,27,32)(H,28,31)(H,34,35). The first-order chi connectivity index (χ1) is 17.1. The topological polar surface area (TPSA) is 207 Å². The van der Waals surface area contributed by atoms with Gasteiger partial charge in [-0.25, -0.2) is 4.79 Å². The van der Waals surface area contributed by atoms with Gasteiger partial charge in [0.15, 0.2) is 0 Å². The largest absolute Gasteiger partial charge is 0.480 e. The molecule has 2 rings (SSSR count). The molecule has 2 aromatic rings. The normalized spacial score (nSPS) is 15.4. The number of carbonyl (C=O) groups excluding carboxylic acids is 3. The summed E-state index contributed by atoms with van der Waals surface area (Å²) in [7, 11) is 0. The van der Waals surface area contributed by atoms with Crippen LogP contribution in [0.1, 0.15) is 18.9 Å². The van der Waals surface area contributed by atoms with Crippen LogP contribution < -0.4 is 21.7 Å². The van der Waals surface area contributed by atoms with Gasteiger partial charge in [-0.05, 0) is 37.0 Å². The number of thioether (sulfide) groups is 1. The minimum absolute atomic E-state index is 0.0270. The monoisotopic (exact) mass is 523 g/mol. The van der Waals surface area contributed by atoms with Gasteiger partial charge < -0.3 is 42.0 Å². The predicted octanol–water partition coefficient (Wildman–Crippen LogP) is -1.30. The summed E-state index contributed by atoms with van der Waals surface area (Å²) in [5.41, 5.74) is 7.12. The fraction of sp³-hybridized carbons (Fsp3) is 0.478.